The first-order chi connectivity index (χ1) is 13.8. The zero-order valence-corrected chi connectivity index (χ0v) is 15.6. The van der Waals surface area contributed by atoms with Crippen LogP contribution in [-0.4, -0.2) is 83.7 Å². The van der Waals surface area contributed by atoms with Crippen LogP contribution in [0, 0.1) is 0 Å². The Kier molecular flexibility index (Phi) is 4.48. The predicted molar refractivity (Wildman–Crippen MR) is 103 cm³/mol. The molecule has 3 aliphatic rings. The standard InChI is InChI=1S/C20H23N5O3/c26-19(18-14-27-16-4-1-2-5-17(16)28-18)25-12-15(13-25)23-8-10-24(11-9-23)20-21-6-3-7-22-20/h1-7,15,18H,8-14H2. The van der Waals surface area contributed by atoms with Crippen LogP contribution in [0.5, 0.6) is 11.5 Å². The lowest BCUT2D eigenvalue weighted by atomic mass is 10.0. The molecule has 0 bridgehead atoms. The van der Waals surface area contributed by atoms with Crippen molar-refractivity contribution in [2.24, 2.45) is 0 Å². The summed E-state index contributed by atoms with van der Waals surface area (Å²) in [7, 11) is 0. The Labute approximate surface area is 163 Å². The largest absolute Gasteiger partial charge is 0.485 e. The number of hydrogen-bond donors (Lipinski definition) is 0. The van der Waals surface area contributed by atoms with Gasteiger partial charge in [-0.2, -0.15) is 0 Å². The zero-order chi connectivity index (χ0) is 18.9. The van der Waals surface area contributed by atoms with Crippen molar-refractivity contribution >= 4 is 11.9 Å². The SMILES string of the molecule is O=C(C1COc2ccccc2O1)N1CC(N2CCN(c3ncccn3)CC2)C1. The summed E-state index contributed by atoms with van der Waals surface area (Å²) in [5.41, 5.74) is 0. The highest BCUT2D eigenvalue weighted by Crippen LogP contribution is 2.32. The van der Waals surface area contributed by atoms with Crippen LogP contribution in [0.1, 0.15) is 0 Å². The van der Waals surface area contributed by atoms with Crippen molar-refractivity contribution in [3.63, 3.8) is 0 Å². The average Bonchev–Trinajstić information content (AvgIpc) is 2.73. The number of carbonyl (C=O) groups excluding carboxylic acids is 1. The number of hydrogen-bond acceptors (Lipinski definition) is 7. The molecular weight excluding hydrogens is 358 g/mol. The third-order valence-electron chi connectivity index (χ3n) is 5.62. The summed E-state index contributed by atoms with van der Waals surface area (Å²) in [6.07, 6.45) is 3.00. The van der Waals surface area contributed by atoms with Gasteiger partial charge in [-0.15, -0.1) is 0 Å². The maximum atomic E-state index is 12.7. The molecule has 8 nitrogen and oxygen atoms in total. The number of likely N-dealkylation sites (tertiary alicyclic amines) is 1. The van der Waals surface area contributed by atoms with E-state index in [-0.39, 0.29) is 12.5 Å². The highest BCUT2D eigenvalue weighted by atomic mass is 16.6. The molecule has 1 atom stereocenters. The van der Waals surface area contributed by atoms with Crippen molar-refractivity contribution in [3.8, 4) is 11.5 Å². The molecule has 2 saturated heterocycles. The van der Waals surface area contributed by atoms with Crippen LogP contribution >= 0.6 is 0 Å². The van der Waals surface area contributed by atoms with Crippen LogP contribution in [0.3, 0.4) is 0 Å². The number of fused-ring (bicyclic) bond motifs is 1. The molecule has 1 aromatic carbocycles. The van der Waals surface area contributed by atoms with Crippen LogP contribution < -0.4 is 14.4 Å². The maximum absolute atomic E-state index is 12.7. The lowest BCUT2D eigenvalue weighted by Crippen LogP contribution is -2.66. The minimum absolute atomic E-state index is 0.0158. The smallest absolute Gasteiger partial charge is 0.267 e. The van der Waals surface area contributed by atoms with Crippen LogP contribution in [-0.2, 0) is 4.79 Å². The van der Waals surface area contributed by atoms with Gasteiger partial charge in [-0.1, -0.05) is 12.1 Å². The van der Waals surface area contributed by atoms with Gasteiger partial charge in [-0.25, -0.2) is 9.97 Å². The first-order valence-electron chi connectivity index (χ1n) is 9.71. The van der Waals surface area contributed by atoms with E-state index in [2.05, 4.69) is 19.8 Å². The molecule has 3 aliphatic heterocycles. The van der Waals surface area contributed by atoms with Gasteiger partial charge in [0.25, 0.3) is 5.91 Å². The summed E-state index contributed by atoms with van der Waals surface area (Å²) in [6.45, 7) is 5.51. The van der Waals surface area contributed by atoms with E-state index in [1.807, 2.05) is 35.2 Å². The summed E-state index contributed by atoms with van der Waals surface area (Å²) < 4.78 is 11.5. The maximum Gasteiger partial charge on any atom is 0.267 e. The molecule has 2 fully saturated rings. The molecule has 8 heteroatoms. The van der Waals surface area contributed by atoms with E-state index in [1.54, 1.807) is 12.4 Å². The Balaban J connectivity index is 1.11. The minimum Gasteiger partial charge on any atom is -0.485 e. The first kappa shape index (κ1) is 17.2. The molecular formula is C20H23N5O3. The van der Waals surface area contributed by atoms with Crippen LogP contribution in [0.25, 0.3) is 0 Å². The second-order valence-electron chi connectivity index (χ2n) is 7.33. The normalized spacial score (nSPS) is 22.6. The Morgan fingerprint density at radius 1 is 0.964 bits per heavy atom. The molecule has 5 rings (SSSR count). The number of nitrogens with zero attached hydrogens (tertiary/aromatic N) is 5. The van der Waals surface area contributed by atoms with Gasteiger partial charge in [0.1, 0.15) is 6.61 Å². The lowest BCUT2D eigenvalue weighted by Gasteiger charge is -2.48. The van der Waals surface area contributed by atoms with Gasteiger partial charge < -0.3 is 19.3 Å². The fourth-order valence-electron chi connectivity index (χ4n) is 3.95. The molecule has 2 aromatic rings. The third-order valence-corrected chi connectivity index (χ3v) is 5.62. The van der Waals surface area contributed by atoms with E-state index in [0.717, 1.165) is 45.2 Å². The molecule has 0 N–H and O–H groups in total. The minimum atomic E-state index is -0.553. The quantitative estimate of drug-likeness (QED) is 0.773. The fourth-order valence-corrected chi connectivity index (χ4v) is 3.95. The van der Waals surface area contributed by atoms with Gasteiger partial charge in [-0.05, 0) is 18.2 Å². The van der Waals surface area contributed by atoms with Gasteiger partial charge in [0, 0.05) is 57.7 Å². The summed E-state index contributed by atoms with van der Waals surface area (Å²) in [4.78, 5) is 27.9. The first-order valence-corrected chi connectivity index (χ1v) is 9.71. The molecule has 1 unspecified atom stereocenters. The van der Waals surface area contributed by atoms with Crippen LogP contribution in [0.15, 0.2) is 42.7 Å². The highest BCUT2D eigenvalue weighted by Gasteiger charge is 2.40. The van der Waals surface area contributed by atoms with Crippen LogP contribution in [0.4, 0.5) is 5.95 Å². The monoisotopic (exact) mass is 381 g/mol. The molecule has 1 amide bonds. The van der Waals surface area contributed by atoms with E-state index in [0.29, 0.717) is 17.5 Å². The van der Waals surface area contributed by atoms with E-state index < -0.39 is 6.10 Å². The number of piperazine rings is 1. The number of amides is 1. The Morgan fingerprint density at radius 2 is 1.68 bits per heavy atom. The molecule has 4 heterocycles. The summed E-state index contributed by atoms with van der Waals surface area (Å²) in [5.74, 6) is 2.15. The number of carbonyl (C=O) groups is 1. The van der Waals surface area contributed by atoms with Crippen LogP contribution in [0.2, 0.25) is 0 Å². The number of aromatic nitrogens is 2. The van der Waals surface area contributed by atoms with Crippen molar-refractivity contribution in [3.05, 3.63) is 42.7 Å². The second kappa shape index (κ2) is 7.27. The molecule has 146 valence electrons. The third kappa shape index (κ3) is 3.24. The second-order valence-corrected chi connectivity index (χ2v) is 7.33. The number of benzene rings is 1. The van der Waals surface area contributed by atoms with E-state index in [1.165, 1.54) is 0 Å². The molecule has 0 spiro atoms. The van der Waals surface area contributed by atoms with Crippen molar-refractivity contribution in [1.82, 2.24) is 19.8 Å². The topological polar surface area (TPSA) is 71.0 Å². The molecule has 0 radical (unpaired) electrons. The summed E-state index contributed by atoms with van der Waals surface area (Å²) in [6, 6.07) is 9.72. The van der Waals surface area contributed by atoms with E-state index in [9.17, 15) is 4.79 Å². The predicted octanol–water partition coefficient (Wildman–Crippen LogP) is 0.649. The number of rotatable bonds is 3. The van der Waals surface area contributed by atoms with Gasteiger partial charge in [-0.3, -0.25) is 9.69 Å². The summed E-state index contributed by atoms with van der Waals surface area (Å²) >= 11 is 0. The van der Waals surface area contributed by atoms with Gasteiger partial charge in [0.2, 0.25) is 12.1 Å². The van der Waals surface area contributed by atoms with Crippen molar-refractivity contribution in [2.45, 2.75) is 12.1 Å². The lowest BCUT2D eigenvalue weighted by molar-refractivity contribution is -0.148. The summed E-state index contributed by atoms with van der Waals surface area (Å²) in [5, 5.41) is 0. The molecule has 28 heavy (non-hydrogen) atoms. The Hall–Kier alpha value is -2.87. The Morgan fingerprint density at radius 3 is 2.43 bits per heavy atom. The van der Waals surface area contributed by atoms with Crippen molar-refractivity contribution in [2.75, 3.05) is 50.8 Å². The van der Waals surface area contributed by atoms with Gasteiger partial charge >= 0.3 is 0 Å². The fraction of sp³-hybridized carbons (Fsp3) is 0.450. The van der Waals surface area contributed by atoms with E-state index >= 15 is 0 Å². The number of para-hydroxylation sites is 2. The van der Waals surface area contributed by atoms with Gasteiger partial charge in [0.05, 0.1) is 0 Å². The number of ether oxygens (including phenoxy) is 2. The van der Waals surface area contributed by atoms with Gasteiger partial charge in [0.15, 0.2) is 11.5 Å². The zero-order valence-electron chi connectivity index (χ0n) is 15.6. The number of anilines is 1. The molecule has 1 aromatic heterocycles. The van der Waals surface area contributed by atoms with E-state index in [4.69, 9.17) is 9.47 Å². The average molecular weight is 381 g/mol. The molecule has 0 saturated carbocycles. The Bertz CT molecular complexity index is 835. The molecule has 0 aliphatic carbocycles. The van der Waals surface area contributed by atoms with Crippen molar-refractivity contribution in [1.29, 1.82) is 0 Å². The van der Waals surface area contributed by atoms with Crippen molar-refractivity contribution < 1.29 is 14.3 Å². The highest BCUT2D eigenvalue weighted by molar-refractivity contribution is 5.82.